The van der Waals surface area contributed by atoms with Crippen molar-refractivity contribution >= 4 is 23.4 Å². The number of anilines is 1. The van der Waals surface area contributed by atoms with Gasteiger partial charge in [0.1, 0.15) is 11.6 Å². The molecule has 1 aromatic heterocycles. The molecule has 0 bridgehead atoms. The fourth-order valence-electron chi connectivity index (χ4n) is 3.57. The Labute approximate surface area is 165 Å². The summed E-state index contributed by atoms with van der Waals surface area (Å²) in [6.45, 7) is 2.93. The highest BCUT2D eigenvalue weighted by Crippen LogP contribution is 2.27. The van der Waals surface area contributed by atoms with Crippen LogP contribution in [0.25, 0.3) is 0 Å². The maximum absolute atomic E-state index is 12.3. The highest BCUT2D eigenvalue weighted by Gasteiger charge is 2.19. The number of hydrogen-bond acceptors (Lipinski definition) is 5. The molecular weight excluding hydrogens is 360 g/mol. The van der Waals surface area contributed by atoms with Crippen molar-refractivity contribution in [1.29, 1.82) is 0 Å². The molecule has 0 radical (unpaired) electrons. The van der Waals surface area contributed by atoms with E-state index in [2.05, 4.69) is 27.0 Å². The van der Waals surface area contributed by atoms with Crippen molar-refractivity contribution in [2.24, 2.45) is 5.92 Å². The van der Waals surface area contributed by atoms with Crippen LogP contribution in [0, 0.1) is 5.92 Å². The molecule has 1 amide bonds. The summed E-state index contributed by atoms with van der Waals surface area (Å²) in [6.07, 6.45) is 7.61. The van der Waals surface area contributed by atoms with Crippen molar-refractivity contribution in [2.75, 3.05) is 18.2 Å². The van der Waals surface area contributed by atoms with Crippen molar-refractivity contribution in [2.45, 2.75) is 57.1 Å². The number of carbonyl (C=O) groups is 1. The molecule has 3 rings (SSSR count). The third kappa shape index (κ3) is 5.48. The largest absolute Gasteiger partial charge is 0.497 e. The van der Waals surface area contributed by atoms with Gasteiger partial charge in [0.2, 0.25) is 5.91 Å². The first-order chi connectivity index (χ1) is 13.2. The van der Waals surface area contributed by atoms with E-state index in [-0.39, 0.29) is 5.91 Å². The van der Waals surface area contributed by atoms with Gasteiger partial charge in [-0.2, -0.15) is 0 Å². The first kappa shape index (κ1) is 19.7. The van der Waals surface area contributed by atoms with Gasteiger partial charge in [-0.1, -0.05) is 49.9 Å². The molecule has 0 saturated heterocycles. The Morgan fingerprint density at radius 3 is 2.85 bits per heavy atom. The number of amides is 1. The molecule has 1 saturated carbocycles. The molecule has 1 aliphatic carbocycles. The van der Waals surface area contributed by atoms with Crippen LogP contribution in [0.1, 0.15) is 44.9 Å². The maximum atomic E-state index is 12.3. The monoisotopic (exact) mass is 388 g/mol. The highest BCUT2D eigenvalue weighted by atomic mass is 32.2. The summed E-state index contributed by atoms with van der Waals surface area (Å²) in [7, 11) is 1.61. The summed E-state index contributed by atoms with van der Waals surface area (Å²) < 4.78 is 7.33. The molecule has 1 heterocycles. The number of benzene rings is 1. The topological polar surface area (TPSA) is 69.0 Å². The first-order valence-corrected chi connectivity index (χ1v) is 10.7. The average molecular weight is 389 g/mol. The van der Waals surface area contributed by atoms with Gasteiger partial charge in [0, 0.05) is 24.7 Å². The van der Waals surface area contributed by atoms with Crippen LogP contribution in [0.3, 0.4) is 0 Å². The Hall–Kier alpha value is -2.02. The number of rotatable bonds is 8. The lowest BCUT2D eigenvalue weighted by Crippen LogP contribution is -2.15. The zero-order valence-electron chi connectivity index (χ0n) is 16.1. The molecular formula is C20H28N4O2S. The van der Waals surface area contributed by atoms with Crippen LogP contribution in [0.2, 0.25) is 0 Å². The van der Waals surface area contributed by atoms with E-state index < -0.39 is 0 Å². The third-order valence-corrected chi connectivity index (χ3v) is 5.96. The lowest BCUT2D eigenvalue weighted by Gasteiger charge is -2.21. The number of thioether (sulfide) groups is 1. The van der Waals surface area contributed by atoms with Crippen molar-refractivity contribution < 1.29 is 9.53 Å². The van der Waals surface area contributed by atoms with E-state index in [1.54, 1.807) is 13.2 Å². The molecule has 0 aliphatic heterocycles. The Bertz CT molecular complexity index is 756. The molecule has 2 aromatic rings. The van der Waals surface area contributed by atoms with Gasteiger partial charge in [0.05, 0.1) is 12.9 Å². The summed E-state index contributed by atoms with van der Waals surface area (Å²) in [5, 5.41) is 12.5. The van der Waals surface area contributed by atoms with Crippen molar-refractivity contribution in [1.82, 2.24) is 14.8 Å². The third-order valence-electron chi connectivity index (χ3n) is 4.99. The van der Waals surface area contributed by atoms with E-state index in [0.29, 0.717) is 5.75 Å². The number of aromatic nitrogens is 3. The number of methoxy groups -OCH3 is 1. The molecule has 1 fully saturated rings. The summed E-state index contributed by atoms with van der Waals surface area (Å²) >= 11 is 1.44. The van der Waals surface area contributed by atoms with Crippen molar-refractivity contribution in [3.05, 3.63) is 30.1 Å². The van der Waals surface area contributed by atoms with Crippen LogP contribution in [-0.4, -0.2) is 33.5 Å². The zero-order valence-corrected chi connectivity index (χ0v) is 16.9. The summed E-state index contributed by atoms with van der Waals surface area (Å²) in [5.41, 5.74) is 0.731. The standard InChI is InChI=1S/C20H28N4O2S/c1-3-24-18(12-15-8-5-4-6-9-15)22-23-20(24)27-14-19(25)21-16-10-7-11-17(13-16)26-2/h7,10-11,13,15H,3-6,8-9,12,14H2,1-2H3,(H,21,25). The van der Waals surface area contributed by atoms with Gasteiger partial charge in [-0.05, 0) is 25.0 Å². The number of nitrogens with zero attached hydrogens (tertiary/aromatic N) is 3. The summed E-state index contributed by atoms with van der Waals surface area (Å²) in [5.74, 6) is 2.74. The zero-order chi connectivity index (χ0) is 19.1. The van der Waals surface area contributed by atoms with E-state index in [4.69, 9.17) is 4.74 Å². The van der Waals surface area contributed by atoms with Gasteiger partial charge >= 0.3 is 0 Å². The van der Waals surface area contributed by atoms with Crippen LogP contribution in [0.15, 0.2) is 29.4 Å². The van der Waals surface area contributed by atoms with E-state index in [0.717, 1.165) is 41.3 Å². The van der Waals surface area contributed by atoms with Crippen LogP contribution < -0.4 is 10.1 Å². The van der Waals surface area contributed by atoms with Gasteiger partial charge < -0.3 is 14.6 Å². The first-order valence-electron chi connectivity index (χ1n) is 9.68. The molecule has 27 heavy (non-hydrogen) atoms. The Morgan fingerprint density at radius 2 is 2.11 bits per heavy atom. The van der Waals surface area contributed by atoms with Gasteiger partial charge in [-0.15, -0.1) is 10.2 Å². The Morgan fingerprint density at radius 1 is 1.30 bits per heavy atom. The molecule has 1 aliphatic rings. The second-order valence-electron chi connectivity index (χ2n) is 6.92. The fraction of sp³-hybridized carbons (Fsp3) is 0.550. The van der Waals surface area contributed by atoms with E-state index in [1.165, 1.54) is 43.9 Å². The minimum atomic E-state index is -0.0623. The molecule has 0 atom stereocenters. The predicted molar refractivity (Wildman–Crippen MR) is 108 cm³/mol. The molecule has 0 unspecified atom stereocenters. The number of ether oxygens (including phenoxy) is 1. The van der Waals surface area contributed by atoms with E-state index in [9.17, 15) is 4.79 Å². The van der Waals surface area contributed by atoms with Gasteiger partial charge in [0.15, 0.2) is 5.16 Å². The van der Waals surface area contributed by atoms with E-state index in [1.807, 2.05) is 18.2 Å². The van der Waals surface area contributed by atoms with Crippen LogP contribution >= 0.6 is 11.8 Å². The average Bonchev–Trinajstić information content (AvgIpc) is 3.08. The van der Waals surface area contributed by atoms with Crippen LogP contribution in [-0.2, 0) is 17.8 Å². The molecule has 146 valence electrons. The minimum absolute atomic E-state index is 0.0623. The van der Waals surface area contributed by atoms with E-state index >= 15 is 0 Å². The second kappa shape index (κ2) is 9.78. The summed E-state index contributed by atoms with van der Waals surface area (Å²) in [4.78, 5) is 12.3. The molecule has 6 nitrogen and oxygen atoms in total. The Kier molecular flexibility index (Phi) is 7.15. The maximum Gasteiger partial charge on any atom is 0.234 e. The van der Waals surface area contributed by atoms with Gasteiger partial charge in [-0.3, -0.25) is 4.79 Å². The van der Waals surface area contributed by atoms with Crippen molar-refractivity contribution in [3.8, 4) is 5.75 Å². The second-order valence-corrected chi connectivity index (χ2v) is 7.86. The molecule has 1 aromatic carbocycles. The lowest BCUT2D eigenvalue weighted by atomic mass is 9.87. The quantitative estimate of drug-likeness (QED) is 0.688. The minimum Gasteiger partial charge on any atom is -0.497 e. The lowest BCUT2D eigenvalue weighted by molar-refractivity contribution is -0.113. The predicted octanol–water partition coefficient (Wildman–Crippen LogP) is 4.16. The Balaban J connectivity index is 1.56. The highest BCUT2D eigenvalue weighted by molar-refractivity contribution is 7.99. The molecule has 0 spiro atoms. The van der Waals surface area contributed by atoms with Gasteiger partial charge in [-0.25, -0.2) is 0 Å². The van der Waals surface area contributed by atoms with Crippen molar-refractivity contribution in [3.63, 3.8) is 0 Å². The van der Waals surface area contributed by atoms with Crippen LogP contribution in [0.5, 0.6) is 5.75 Å². The SMILES string of the molecule is CCn1c(CC2CCCCC2)nnc1SCC(=O)Nc1cccc(OC)c1. The molecule has 1 N–H and O–H groups in total. The number of carbonyl (C=O) groups excluding carboxylic acids is 1. The van der Waals surface area contributed by atoms with Crippen LogP contribution in [0.4, 0.5) is 5.69 Å². The van der Waals surface area contributed by atoms with Gasteiger partial charge in [0.25, 0.3) is 0 Å². The molecule has 7 heteroatoms. The normalized spacial score (nSPS) is 14.9. The number of nitrogens with one attached hydrogen (secondary N) is 1. The smallest absolute Gasteiger partial charge is 0.234 e. The summed E-state index contributed by atoms with van der Waals surface area (Å²) in [6, 6.07) is 7.36. The fourth-order valence-corrected chi connectivity index (χ4v) is 4.39. The number of hydrogen-bond donors (Lipinski definition) is 1.